The summed E-state index contributed by atoms with van der Waals surface area (Å²) in [7, 11) is 0. The zero-order chi connectivity index (χ0) is 18.8. The molecule has 3 aromatic rings. The maximum atomic E-state index is 12.1. The van der Waals surface area contributed by atoms with Crippen molar-refractivity contribution in [2.24, 2.45) is 0 Å². The Morgan fingerprint density at radius 3 is 2.65 bits per heavy atom. The number of carbonyl (C=O) groups excluding carboxylic acids is 1. The van der Waals surface area contributed by atoms with Gasteiger partial charge in [0.2, 0.25) is 0 Å². The van der Waals surface area contributed by atoms with E-state index in [-0.39, 0.29) is 5.97 Å². The topological polar surface area (TPSA) is 78.1 Å². The Kier molecular flexibility index (Phi) is 5.92. The summed E-state index contributed by atoms with van der Waals surface area (Å²) in [5, 5.41) is 1.85. The first-order valence-electron chi connectivity index (χ1n) is 7.71. The molecule has 2 aromatic heterocycles. The molecular weight excluding hydrogens is 413 g/mol. The number of carbonyl (C=O) groups is 1. The number of thioether (sulfide) groups is 1. The van der Waals surface area contributed by atoms with E-state index in [0.717, 1.165) is 10.5 Å². The number of nitrogen functional groups attached to an aromatic ring is 1. The summed E-state index contributed by atoms with van der Waals surface area (Å²) in [6.45, 7) is 3.90. The number of esters is 1. The normalized spacial score (nSPS) is 11.1. The smallest absolute Gasteiger partial charge is 0.348 e. The number of hydrogen-bond acceptors (Lipinski definition) is 7. The van der Waals surface area contributed by atoms with E-state index in [1.54, 1.807) is 25.1 Å². The number of halogens is 2. The SMILES string of the molecule is CCOC(=O)c1sc2nc(CSc3c(Cl)cccc3Cl)nc(N)c2c1C. The Balaban J connectivity index is 1.92. The van der Waals surface area contributed by atoms with Crippen molar-refractivity contribution < 1.29 is 9.53 Å². The monoisotopic (exact) mass is 427 g/mol. The number of aryl methyl sites for hydroxylation is 1. The van der Waals surface area contributed by atoms with Crippen LogP contribution in [0.15, 0.2) is 23.1 Å². The van der Waals surface area contributed by atoms with Crippen LogP contribution in [0.2, 0.25) is 10.0 Å². The molecule has 0 fully saturated rings. The van der Waals surface area contributed by atoms with Gasteiger partial charge < -0.3 is 10.5 Å². The molecule has 0 atom stereocenters. The molecule has 0 unspecified atom stereocenters. The quantitative estimate of drug-likeness (QED) is 0.436. The second-order valence-corrected chi connectivity index (χ2v) is 8.12. The van der Waals surface area contributed by atoms with E-state index in [0.29, 0.717) is 49.1 Å². The van der Waals surface area contributed by atoms with Crippen molar-refractivity contribution >= 4 is 68.3 Å². The van der Waals surface area contributed by atoms with Crippen LogP contribution in [0.3, 0.4) is 0 Å². The molecule has 2 heterocycles. The zero-order valence-corrected chi connectivity index (χ0v) is 17.2. The van der Waals surface area contributed by atoms with Crippen LogP contribution in [0.5, 0.6) is 0 Å². The second kappa shape index (κ2) is 8.00. The second-order valence-electron chi connectivity index (χ2n) is 5.32. The van der Waals surface area contributed by atoms with Crippen LogP contribution < -0.4 is 5.73 Å². The first-order valence-corrected chi connectivity index (χ1v) is 10.3. The van der Waals surface area contributed by atoms with Gasteiger partial charge in [0.05, 0.1) is 27.8 Å². The number of thiophene rings is 1. The third-order valence-corrected chi connectivity index (χ3v) is 6.74. The van der Waals surface area contributed by atoms with Gasteiger partial charge in [-0.2, -0.15) is 0 Å². The highest BCUT2D eigenvalue weighted by molar-refractivity contribution is 7.98. The van der Waals surface area contributed by atoms with E-state index in [1.165, 1.54) is 23.1 Å². The Hall–Kier alpha value is -1.54. The van der Waals surface area contributed by atoms with Gasteiger partial charge in [-0.3, -0.25) is 0 Å². The first kappa shape index (κ1) is 19.2. The average Bonchev–Trinajstić information content (AvgIpc) is 2.92. The number of hydrogen-bond donors (Lipinski definition) is 1. The molecular formula is C17H15Cl2N3O2S2. The van der Waals surface area contributed by atoms with Crippen molar-refractivity contribution in [2.75, 3.05) is 12.3 Å². The van der Waals surface area contributed by atoms with E-state index < -0.39 is 0 Å². The summed E-state index contributed by atoms with van der Waals surface area (Å²) in [6.07, 6.45) is 0. The molecule has 0 aliphatic heterocycles. The Bertz CT molecular complexity index is 972. The van der Waals surface area contributed by atoms with Crippen molar-refractivity contribution in [3.05, 3.63) is 44.5 Å². The molecule has 0 aliphatic carbocycles. The van der Waals surface area contributed by atoms with Gasteiger partial charge in [-0.05, 0) is 31.5 Å². The largest absolute Gasteiger partial charge is 0.462 e. The number of rotatable bonds is 5. The fourth-order valence-corrected chi connectivity index (χ4v) is 5.07. The molecule has 0 saturated carbocycles. The summed E-state index contributed by atoms with van der Waals surface area (Å²) in [6, 6.07) is 5.35. The average molecular weight is 428 g/mol. The number of anilines is 1. The predicted octanol–water partition coefficient (Wildman–Crippen LogP) is 5.36. The Labute approximate surface area is 168 Å². The highest BCUT2D eigenvalue weighted by atomic mass is 35.5. The lowest BCUT2D eigenvalue weighted by atomic mass is 10.2. The molecule has 0 spiro atoms. The number of benzene rings is 1. The molecule has 0 radical (unpaired) electrons. The van der Waals surface area contributed by atoms with Gasteiger partial charge in [0.25, 0.3) is 0 Å². The lowest BCUT2D eigenvalue weighted by molar-refractivity contribution is 0.0531. The van der Waals surface area contributed by atoms with E-state index >= 15 is 0 Å². The van der Waals surface area contributed by atoms with E-state index in [9.17, 15) is 4.79 Å². The maximum absolute atomic E-state index is 12.1. The van der Waals surface area contributed by atoms with Crippen LogP contribution in [0, 0.1) is 6.92 Å². The fourth-order valence-electron chi connectivity index (χ4n) is 2.43. The molecule has 9 heteroatoms. The van der Waals surface area contributed by atoms with E-state index in [4.69, 9.17) is 33.7 Å². The lowest BCUT2D eigenvalue weighted by Crippen LogP contribution is -2.03. The summed E-state index contributed by atoms with van der Waals surface area (Å²) in [5.41, 5.74) is 6.86. The molecule has 3 rings (SSSR count). The van der Waals surface area contributed by atoms with Gasteiger partial charge in [-0.15, -0.1) is 23.1 Å². The fraction of sp³-hybridized carbons (Fsp3) is 0.235. The van der Waals surface area contributed by atoms with E-state index in [2.05, 4.69) is 9.97 Å². The minimum Gasteiger partial charge on any atom is -0.462 e. The molecule has 5 nitrogen and oxygen atoms in total. The van der Waals surface area contributed by atoms with Crippen LogP contribution in [0.4, 0.5) is 5.82 Å². The van der Waals surface area contributed by atoms with Crippen molar-refractivity contribution in [3.63, 3.8) is 0 Å². The molecule has 0 amide bonds. The third kappa shape index (κ3) is 3.76. The van der Waals surface area contributed by atoms with Gasteiger partial charge in [0, 0.05) is 4.90 Å². The molecule has 0 aliphatic rings. The predicted molar refractivity (Wildman–Crippen MR) is 109 cm³/mol. The molecule has 26 heavy (non-hydrogen) atoms. The standard InChI is InChI=1S/C17H15Cl2N3O2S2/c1-3-24-17(23)13-8(2)12-15(20)21-11(22-16(12)26-13)7-25-14-9(18)5-4-6-10(14)19/h4-6H,3,7H2,1-2H3,(H2,20,21,22). The van der Waals surface area contributed by atoms with Crippen molar-refractivity contribution in [1.82, 2.24) is 9.97 Å². The molecule has 0 bridgehead atoms. The van der Waals surface area contributed by atoms with Crippen LogP contribution >= 0.6 is 46.3 Å². The van der Waals surface area contributed by atoms with Crippen LogP contribution in [-0.4, -0.2) is 22.5 Å². The summed E-state index contributed by atoms with van der Waals surface area (Å²) < 4.78 is 5.09. The number of fused-ring (bicyclic) bond motifs is 1. The van der Waals surface area contributed by atoms with Crippen molar-refractivity contribution in [2.45, 2.75) is 24.5 Å². The first-order chi connectivity index (χ1) is 12.4. The van der Waals surface area contributed by atoms with Gasteiger partial charge in [-0.25, -0.2) is 14.8 Å². The summed E-state index contributed by atoms with van der Waals surface area (Å²) in [4.78, 5) is 22.9. The highest BCUT2D eigenvalue weighted by Crippen LogP contribution is 2.37. The number of ether oxygens (including phenoxy) is 1. The van der Waals surface area contributed by atoms with Crippen LogP contribution in [0.1, 0.15) is 28.0 Å². The van der Waals surface area contributed by atoms with Gasteiger partial charge in [0.15, 0.2) is 0 Å². The van der Waals surface area contributed by atoms with Crippen molar-refractivity contribution in [3.8, 4) is 0 Å². The number of nitrogens with zero attached hydrogens (tertiary/aromatic N) is 2. The third-order valence-electron chi connectivity index (χ3n) is 3.59. The minimum atomic E-state index is -0.369. The molecule has 1 aromatic carbocycles. The maximum Gasteiger partial charge on any atom is 0.348 e. The van der Waals surface area contributed by atoms with Gasteiger partial charge in [0.1, 0.15) is 21.3 Å². The minimum absolute atomic E-state index is 0.314. The zero-order valence-electron chi connectivity index (χ0n) is 14.0. The van der Waals surface area contributed by atoms with E-state index in [1.807, 2.05) is 6.92 Å². The lowest BCUT2D eigenvalue weighted by Gasteiger charge is -2.06. The molecule has 2 N–H and O–H groups in total. The number of nitrogens with two attached hydrogens (primary N) is 1. The van der Waals surface area contributed by atoms with Crippen LogP contribution in [0.25, 0.3) is 10.2 Å². The Morgan fingerprint density at radius 2 is 2.00 bits per heavy atom. The van der Waals surface area contributed by atoms with Crippen molar-refractivity contribution in [1.29, 1.82) is 0 Å². The Morgan fingerprint density at radius 1 is 1.31 bits per heavy atom. The van der Waals surface area contributed by atoms with Crippen LogP contribution in [-0.2, 0) is 10.5 Å². The van der Waals surface area contributed by atoms with Gasteiger partial charge >= 0.3 is 5.97 Å². The number of aromatic nitrogens is 2. The molecule has 136 valence electrons. The molecule has 0 saturated heterocycles. The summed E-state index contributed by atoms with van der Waals surface area (Å²) in [5.74, 6) is 0.980. The highest BCUT2D eigenvalue weighted by Gasteiger charge is 2.20. The van der Waals surface area contributed by atoms with Gasteiger partial charge in [-0.1, -0.05) is 29.3 Å². The summed E-state index contributed by atoms with van der Waals surface area (Å²) >= 11 is 15.1.